The van der Waals surface area contributed by atoms with Crippen LogP contribution in [0, 0.1) is 17.8 Å². The maximum absolute atomic E-state index is 16.3. The average molecular weight is 856 g/mol. The SMILES string of the molecule is COCCOC(=O)N1C(=O)[C@@]2(c3cc(C#CCCO)ccc31)[C@H](C(=O)N1CCCCCCC1)[C@H]1C(=O)O[C@H](c3ccccc3)[C@H](c3ccccc3)N1[C@@H]2c1cccc(OCCO)c1. The van der Waals surface area contributed by atoms with Crippen molar-refractivity contribution in [3.05, 3.63) is 131 Å². The monoisotopic (exact) mass is 855 g/mol. The molecule has 3 saturated heterocycles. The lowest BCUT2D eigenvalue weighted by atomic mass is 9.64. The van der Waals surface area contributed by atoms with Crippen LogP contribution >= 0.6 is 0 Å². The molecular weight excluding hydrogens is 803 g/mol. The van der Waals surface area contributed by atoms with Crippen molar-refractivity contribution in [3.8, 4) is 17.6 Å². The molecular formula is C50H53N3O10. The fraction of sp³-hybridized carbons (Fsp3) is 0.400. The number of hydrogen-bond acceptors (Lipinski definition) is 11. The highest BCUT2D eigenvalue weighted by Crippen LogP contribution is 2.66. The highest BCUT2D eigenvalue weighted by Gasteiger charge is 2.76. The summed E-state index contributed by atoms with van der Waals surface area (Å²) in [4.78, 5) is 67.0. The minimum Gasteiger partial charge on any atom is -0.491 e. The molecule has 4 heterocycles. The van der Waals surface area contributed by atoms with Crippen LogP contribution in [0.5, 0.6) is 5.75 Å². The zero-order valence-electron chi connectivity index (χ0n) is 35.4. The number of esters is 1. The van der Waals surface area contributed by atoms with Crippen LogP contribution in [0.1, 0.15) is 84.5 Å². The first-order chi connectivity index (χ1) is 30.8. The molecule has 13 heteroatoms. The summed E-state index contributed by atoms with van der Waals surface area (Å²) in [6, 6.07) is 28.0. The number of aliphatic hydroxyl groups is 2. The van der Waals surface area contributed by atoms with Gasteiger partial charge in [0.05, 0.1) is 43.5 Å². The summed E-state index contributed by atoms with van der Waals surface area (Å²) in [7, 11) is 1.47. The third kappa shape index (κ3) is 8.20. The number of likely N-dealkylation sites (tertiary alicyclic amines) is 1. The van der Waals surface area contributed by atoms with Crippen LogP contribution in [-0.4, -0.2) is 103 Å². The number of nitrogens with zero attached hydrogens (tertiary/aromatic N) is 3. The van der Waals surface area contributed by atoms with Crippen LogP contribution in [-0.2, 0) is 34.0 Å². The molecule has 0 aliphatic carbocycles. The number of morpholine rings is 1. The molecule has 4 aromatic carbocycles. The Morgan fingerprint density at radius 2 is 1.48 bits per heavy atom. The summed E-state index contributed by atoms with van der Waals surface area (Å²) in [5, 5.41) is 19.4. The van der Waals surface area contributed by atoms with Gasteiger partial charge in [0, 0.05) is 32.2 Å². The molecule has 4 aromatic rings. The zero-order chi connectivity index (χ0) is 43.9. The van der Waals surface area contributed by atoms with Crippen molar-refractivity contribution >= 4 is 29.6 Å². The number of carbonyl (C=O) groups is 4. The van der Waals surface area contributed by atoms with E-state index in [1.54, 1.807) is 41.3 Å². The van der Waals surface area contributed by atoms with Gasteiger partial charge in [0.1, 0.15) is 36.5 Å². The Balaban J connectivity index is 1.47. The normalized spacial score (nSPS) is 24.4. The van der Waals surface area contributed by atoms with E-state index >= 15 is 14.4 Å². The van der Waals surface area contributed by atoms with Gasteiger partial charge in [0.25, 0.3) is 0 Å². The molecule has 0 aromatic heterocycles. The van der Waals surface area contributed by atoms with Crippen molar-refractivity contribution in [2.45, 2.75) is 68.2 Å². The first-order valence-corrected chi connectivity index (χ1v) is 21.8. The van der Waals surface area contributed by atoms with E-state index in [9.17, 15) is 15.0 Å². The Morgan fingerprint density at radius 3 is 2.17 bits per heavy atom. The van der Waals surface area contributed by atoms with Gasteiger partial charge in [0.15, 0.2) is 0 Å². The minimum atomic E-state index is -1.97. The van der Waals surface area contributed by atoms with Crippen molar-refractivity contribution in [1.82, 2.24) is 9.80 Å². The number of fused-ring (bicyclic) bond motifs is 3. The zero-order valence-corrected chi connectivity index (χ0v) is 35.4. The fourth-order valence-corrected chi connectivity index (χ4v) is 10.0. The number of ether oxygens (including phenoxy) is 4. The van der Waals surface area contributed by atoms with Gasteiger partial charge in [-0.05, 0) is 65.4 Å². The summed E-state index contributed by atoms with van der Waals surface area (Å²) in [6.45, 7) is 0.367. The van der Waals surface area contributed by atoms with Crippen molar-refractivity contribution in [3.63, 3.8) is 0 Å². The summed E-state index contributed by atoms with van der Waals surface area (Å²) in [6.07, 6.45) is 2.73. The molecule has 328 valence electrons. The first-order valence-electron chi connectivity index (χ1n) is 21.8. The van der Waals surface area contributed by atoms with Crippen molar-refractivity contribution in [2.75, 3.05) is 58.1 Å². The number of aliphatic hydroxyl groups excluding tert-OH is 2. The summed E-state index contributed by atoms with van der Waals surface area (Å²) in [5.74, 6) is 3.27. The summed E-state index contributed by atoms with van der Waals surface area (Å²) in [5.41, 5.74) is 1.06. The molecule has 13 nitrogen and oxygen atoms in total. The molecule has 6 atom stereocenters. The maximum atomic E-state index is 16.3. The molecule has 0 radical (unpaired) electrons. The van der Waals surface area contributed by atoms with E-state index in [0.29, 0.717) is 41.1 Å². The number of cyclic esters (lactones) is 1. The van der Waals surface area contributed by atoms with E-state index in [1.807, 2.05) is 71.6 Å². The van der Waals surface area contributed by atoms with E-state index in [1.165, 1.54) is 7.11 Å². The molecule has 0 saturated carbocycles. The summed E-state index contributed by atoms with van der Waals surface area (Å²) >= 11 is 0. The molecule has 4 aliphatic heterocycles. The smallest absolute Gasteiger partial charge is 0.421 e. The lowest BCUT2D eigenvalue weighted by molar-refractivity contribution is -0.179. The van der Waals surface area contributed by atoms with E-state index in [-0.39, 0.29) is 45.1 Å². The quantitative estimate of drug-likeness (QED) is 0.103. The van der Waals surface area contributed by atoms with Gasteiger partial charge in [-0.25, -0.2) is 9.69 Å². The number of hydrogen-bond donors (Lipinski definition) is 2. The van der Waals surface area contributed by atoms with Gasteiger partial charge in [-0.2, -0.15) is 0 Å². The number of rotatable bonds is 11. The second-order valence-corrected chi connectivity index (χ2v) is 16.3. The van der Waals surface area contributed by atoms with Crippen LogP contribution in [0.4, 0.5) is 10.5 Å². The van der Waals surface area contributed by atoms with Crippen LogP contribution in [0.15, 0.2) is 103 Å². The number of anilines is 1. The van der Waals surface area contributed by atoms with E-state index < -0.39 is 59.4 Å². The van der Waals surface area contributed by atoms with E-state index in [2.05, 4.69) is 11.8 Å². The Labute approximate surface area is 367 Å². The van der Waals surface area contributed by atoms with Crippen LogP contribution in [0.2, 0.25) is 0 Å². The molecule has 1 spiro atoms. The van der Waals surface area contributed by atoms with Gasteiger partial charge in [-0.15, -0.1) is 0 Å². The molecule has 0 bridgehead atoms. The maximum Gasteiger partial charge on any atom is 0.421 e. The first kappa shape index (κ1) is 43.6. The Kier molecular flexibility index (Phi) is 13.5. The van der Waals surface area contributed by atoms with E-state index in [4.69, 9.17) is 18.9 Å². The Bertz CT molecular complexity index is 2340. The van der Waals surface area contributed by atoms with Gasteiger partial charge in [-0.1, -0.05) is 104 Å². The predicted octanol–water partition coefficient (Wildman–Crippen LogP) is 6.03. The number of carbonyl (C=O) groups excluding carboxylic acids is 4. The third-order valence-corrected chi connectivity index (χ3v) is 12.6. The second-order valence-electron chi connectivity index (χ2n) is 16.3. The van der Waals surface area contributed by atoms with E-state index in [0.717, 1.165) is 42.6 Å². The number of imide groups is 1. The van der Waals surface area contributed by atoms with Gasteiger partial charge in [-0.3, -0.25) is 19.3 Å². The van der Waals surface area contributed by atoms with Crippen molar-refractivity contribution < 1.29 is 48.3 Å². The predicted molar refractivity (Wildman–Crippen MR) is 232 cm³/mol. The van der Waals surface area contributed by atoms with Gasteiger partial charge >= 0.3 is 12.1 Å². The fourth-order valence-electron chi connectivity index (χ4n) is 10.0. The molecule has 2 N–H and O–H groups in total. The van der Waals surface area contributed by atoms with Crippen molar-refractivity contribution in [2.24, 2.45) is 5.92 Å². The standard InChI is InChI=1S/C50H53N3O10/c1-60-30-31-62-49(59)52-40-24-23-34(16-11-14-27-54)32-39(40)50(48(52)58)41(46(56)51-25-12-3-2-4-13-26-51)43-47(57)63-44(36-19-9-6-10-20-36)42(35-17-7-5-8-18-35)53(43)45(50)37-21-15-22-38(33-37)61-29-28-55/h5-10,15,17-24,32-33,41-45,54-55H,2-4,12-14,25-31H2,1H3/t41-,42-,43-,44+,45+,50-/m0/s1. The Hall–Kier alpha value is -6.04. The Morgan fingerprint density at radius 1 is 0.778 bits per heavy atom. The lowest BCUT2D eigenvalue weighted by Gasteiger charge is -2.46. The van der Waals surface area contributed by atoms with Gasteiger partial charge in [0.2, 0.25) is 11.8 Å². The highest BCUT2D eigenvalue weighted by molar-refractivity contribution is 6.23. The number of amides is 3. The topological polar surface area (TPSA) is 155 Å². The van der Waals surface area contributed by atoms with Gasteiger partial charge < -0.3 is 34.1 Å². The largest absolute Gasteiger partial charge is 0.491 e. The highest BCUT2D eigenvalue weighted by atomic mass is 16.6. The molecule has 8 rings (SSSR count). The second kappa shape index (κ2) is 19.6. The molecule has 0 unspecified atom stereocenters. The molecule has 3 fully saturated rings. The molecule has 63 heavy (non-hydrogen) atoms. The lowest BCUT2D eigenvalue weighted by Crippen LogP contribution is -2.56. The van der Waals surface area contributed by atoms with Crippen LogP contribution in [0.3, 0.4) is 0 Å². The van der Waals surface area contributed by atoms with Crippen LogP contribution in [0.25, 0.3) is 0 Å². The average Bonchev–Trinajstić information content (AvgIpc) is 3.75. The third-order valence-electron chi connectivity index (χ3n) is 12.6. The molecule has 4 aliphatic rings. The summed E-state index contributed by atoms with van der Waals surface area (Å²) < 4.78 is 23.5. The number of methoxy groups -OCH3 is 1. The van der Waals surface area contributed by atoms with Crippen molar-refractivity contribution in [1.29, 1.82) is 0 Å². The minimum absolute atomic E-state index is 0.00452. The number of benzene rings is 4. The molecule has 3 amide bonds. The van der Waals surface area contributed by atoms with Crippen LogP contribution < -0.4 is 9.64 Å².